The number of aliphatic hydroxyl groups is 2. The summed E-state index contributed by atoms with van der Waals surface area (Å²) < 4.78 is 5.47. The van der Waals surface area contributed by atoms with Gasteiger partial charge in [-0.3, -0.25) is 9.59 Å². The van der Waals surface area contributed by atoms with Gasteiger partial charge in [-0.1, -0.05) is 271 Å². The predicted molar refractivity (Wildman–Crippen MR) is 260 cm³/mol. The molecular weight excluding hydrogens is 743 g/mol. The fourth-order valence-electron chi connectivity index (χ4n) is 8.70. The van der Waals surface area contributed by atoms with Crippen molar-refractivity contribution in [3.8, 4) is 0 Å². The van der Waals surface area contributed by atoms with E-state index in [1.807, 2.05) is 0 Å². The average Bonchev–Trinajstić information content (AvgIpc) is 3.25. The Hall–Kier alpha value is -1.14. The Labute approximate surface area is 375 Å². The Balaban J connectivity index is 3.44. The van der Waals surface area contributed by atoms with Gasteiger partial charge in [0.15, 0.2) is 0 Å². The maximum absolute atomic E-state index is 12.5. The van der Waals surface area contributed by atoms with Crippen molar-refractivity contribution in [2.24, 2.45) is 0 Å². The number of esters is 1. The fourth-order valence-corrected chi connectivity index (χ4v) is 8.70. The second kappa shape index (κ2) is 50.5. The van der Waals surface area contributed by atoms with Gasteiger partial charge in [0, 0.05) is 12.8 Å². The highest BCUT2D eigenvalue weighted by Gasteiger charge is 2.20. The lowest BCUT2D eigenvalue weighted by Gasteiger charge is -2.22. The van der Waals surface area contributed by atoms with E-state index in [2.05, 4.69) is 19.2 Å². The van der Waals surface area contributed by atoms with E-state index < -0.39 is 12.1 Å². The fraction of sp³-hybridized carbons (Fsp3) is 0.963. The number of carbonyl (C=O) groups is 2. The van der Waals surface area contributed by atoms with Gasteiger partial charge in [0.2, 0.25) is 5.91 Å². The maximum Gasteiger partial charge on any atom is 0.305 e. The molecule has 0 bridgehead atoms. The molecule has 3 N–H and O–H groups in total. The maximum atomic E-state index is 12.5. The van der Waals surface area contributed by atoms with E-state index >= 15 is 0 Å². The van der Waals surface area contributed by atoms with Gasteiger partial charge in [0.25, 0.3) is 0 Å². The zero-order valence-corrected chi connectivity index (χ0v) is 40.7. The Bertz CT molecular complexity index is 852. The summed E-state index contributed by atoms with van der Waals surface area (Å²) >= 11 is 0. The topological polar surface area (TPSA) is 95.9 Å². The zero-order valence-electron chi connectivity index (χ0n) is 40.7. The van der Waals surface area contributed by atoms with E-state index in [1.165, 1.54) is 218 Å². The van der Waals surface area contributed by atoms with Crippen LogP contribution in [0.25, 0.3) is 0 Å². The molecule has 0 spiro atoms. The van der Waals surface area contributed by atoms with Crippen molar-refractivity contribution in [1.82, 2.24) is 5.32 Å². The van der Waals surface area contributed by atoms with E-state index in [4.69, 9.17) is 4.74 Å². The number of amides is 1. The minimum absolute atomic E-state index is 0.00540. The molecule has 0 aliphatic heterocycles. The van der Waals surface area contributed by atoms with E-state index in [0.717, 1.165) is 57.8 Å². The summed E-state index contributed by atoms with van der Waals surface area (Å²) in [6, 6.07) is -0.551. The van der Waals surface area contributed by atoms with Gasteiger partial charge in [0.05, 0.1) is 25.4 Å². The first-order chi connectivity index (χ1) is 29.5. The van der Waals surface area contributed by atoms with Gasteiger partial charge < -0.3 is 20.3 Å². The number of nitrogens with one attached hydrogen (secondary N) is 1. The van der Waals surface area contributed by atoms with E-state index in [9.17, 15) is 19.8 Å². The Morgan fingerprint density at radius 2 is 0.683 bits per heavy atom. The summed E-state index contributed by atoms with van der Waals surface area (Å²) in [5, 5.41) is 23.3. The molecule has 2 unspecified atom stereocenters. The van der Waals surface area contributed by atoms with Crippen molar-refractivity contribution in [1.29, 1.82) is 0 Å². The number of carbonyl (C=O) groups excluding carboxylic acids is 2. The van der Waals surface area contributed by atoms with Crippen molar-refractivity contribution in [2.45, 2.75) is 321 Å². The first kappa shape index (κ1) is 58.9. The molecule has 0 saturated heterocycles. The number of aliphatic hydroxyl groups excluding tert-OH is 2. The summed E-state index contributed by atoms with van der Waals surface area (Å²) in [5.74, 6) is -0.0530. The first-order valence-electron chi connectivity index (χ1n) is 27.3. The average molecular weight is 850 g/mol. The molecule has 0 aromatic carbocycles. The van der Waals surface area contributed by atoms with Gasteiger partial charge in [-0.25, -0.2) is 0 Å². The second-order valence-electron chi connectivity index (χ2n) is 18.9. The lowest BCUT2D eigenvalue weighted by Crippen LogP contribution is -2.45. The second-order valence-corrected chi connectivity index (χ2v) is 18.9. The molecule has 0 heterocycles. The summed E-state index contributed by atoms with van der Waals surface area (Å²) in [4.78, 5) is 24.5. The summed E-state index contributed by atoms with van der Waals surface area (Å²) in [5.41, 5.74) is 0. The van der Waals surface area contributed by atoms with E-state index in [0.29, 0.717) is 25.9 Å². The molecule has 0 saturated carbocycles. The molecule has 2 atom stereocenters. The highest BCUT2D eigenvalue weighted by atomic mass is 16.5. The van der Waals surface area contributed by atoms with Crippen LogP contribution in [-0.4, -0.2) is 47.4 Å². The van der Waals surface area contributed by atoms with Crippen LogP contribution in [0.1, 0.15) is 309 Å². The van der Waals surface area contributed by atoms with Crippen LogP contribution in [0.5, 0.6) is 0 Å². The SMILES string of the molecule is CCCCCCCCCCCCCCCCCCC(O)C(CO)NC(=O)CCCCCCCCCCCCCCOC(=O)CCCCCCCCCCCCCCCCC. The predicted octanol–water partition coefficient (Wildman–Crippen LogP) is 16.4. The number of unbranched alkanes of at least 4 members (excludes halogenated alkanes) is 40. The van der Waals surface area contributed by atoms with Crippen LogP contribution in [0.15, 0.2) is 0 Å². The minimum atomic E-state index is -0.673. The molecule has 0 aliphatic rings. The van der Waals surface area contributed by atoms with Crippen LogP contribution in [0, 0.1) is 0 Å². The quantitative estimate of drug-likeness (QED) is 0.0418. The van der Waals surface area contributed by atoms with Crippen LogP contribution in [0.3, 0.4) is 0 Å². The molecule has 0 fully saturated rings. The standard InChI is InChI=1S/C54H107NO5/c1-3-5-7-9-11-13-15-17-19-21-22-26-30-34-38-42-46-52(57)51(50-56)55-53(58)47-43-39-35-31-27-24-25-29-33-37-41-45-49-60-54(59)48-44-40-36-32-28-23-20-18-16-14-12-10-8-6-4-2/h51-52,56-57H,3-50H2,1-2H3,(H,55,58). The molecule has 358 valence electrons. The van der Waals surface area contributed by atoms with E-state index in [1.54, 1.807) is 0 Å². The Morgan fingerprint density at radius 1 is 0.400 bits per heavy atom. The van der Waals surface area contributed by atoms with E-state index in [-0.39, 0.29) is 18.5 Å². The molecule has 0 rings (SSSR count). The van der Waals surface area contributed by atoms with Crippen LogP contribution in [0.2, 0.25) is 0 Å². The Morgan fingerprint density at radius 3 is 1.02 bits per heavy atom. The van der Waals surface area contributed by atoms with Gasteiger partial charge in [-0.05, 0) is 25.7 Å². The summed E-state index contributed by atoms with van der Waals surface area (Å²) in [6.07, 6.45) is 56.4. The molecule has 6 heteroatoms. The monoisotopic (exact) mass is 850 g/mol. The smallest absolute Gasteiger partial charge is 0.305 e. The molecule has 0 aromatic heterocycles. The molecule has 0 aromatic rings. The van der Waals surface area contributed by atoms with Crippen molar-refractivity contribution in [3.63, 3.8) is 0 Å². The van der Waals surface area contributed by atoms with Gasteiger partial charge in [0.1, 0.15) is 0 Å². The lowest BCUT2D eigenvalue weighted by atomic mass is 10.0. The Kier molecular flexibility index (Phi) is 49.5. The molecule has 0 radical (unpaired) electrons. The third kappa shape index (κ3) is 46.4. The van der Waals surface area contributed by atoms with Crippen molar-refractivity contribution in [2.75, 3.05) is 13.2 Å². The zero-order chi connectivity index (χ0) is 43.7. The summed E-state index contributed by atoms with van der Waals surface area (Å²) in [7, 11) is 0. The van der Waals surface area contributed by atoms with Crippen LogP contribution < -0.4 is 5.32 Å². The largest absolute Gasteiger partial charge is 0.466 e. The van der Waals surface area contributed by atoms with Gasteiger partial charge in [-0.2, -0.15) is 0 Å². The molecule has 6 nitrogen and oxygen atoms in total. The molecule has 1 amide bonds. The molecular formula is C54H107NO5. The number of hydrogen-bond acceptors (Lipinski definition) is 5. The van der Waals surface area contributed by atoms with Gasteiger partial charge >= 0.3 is 5.97 Å². The third-order valence-corrected chi connectivity index (χ3v) is 12.9. The third-order valence-electron chi connectivity index (χ3n) is 12.9. The van der Waals surface area contributed by atoms with Crippen LogP contribution in [0.4, 0.5) is 0 Å². The van der Waals surface area contributed by atoms with Crippen molar-refractivity contribution in [3.05, 3.63) is 0 Å². The highest BCUT2D eigenvalue weighted by molar-refractivity contribution is 5.76. The lowest BCUT2D eigenvalue weighted by molar-refractivity contribution is -0.143. The normalized spacial score (nSPS) is 12.5. The first-order valence-corrected chi connectivity index (χ1v) is 27.3. The van der Waals surface area contributed by atoms with Crippen LogP contribution >= 0.6 is 0 Å². The number of rotatable bonds is 51. The van der Waals surface area contributed by atoms with Crippen molar-refractivity contribution >= 4 is 11.9 Å². The summed E-state index contributed by atoms with van der Waals surface area (Å²) in [6.45, 7) is 4.94. The minimum Gasteiger partial charge on any atom is -0.466 e. The molecule has 0 aliphatic carbocycles. The van der Waals surface area contributed by atoms with Crippen LogP contribution in [-0.2, 0) is 14.3 Å². The molecule has 60 heavy (non-hydrogen) atoms. The number of ether oxygens (including phenoxy) is 1. The highest BCUT2D eigenvalue weighted by Crippen LogP contribution is 2.17. The number of hydrogen-bond donors (Lipinski definition) is 3. The van der Waals surface area contributed by atoms with Crippen molar-refractivity contribution < 1.29 is 24.5 Å². The van der Waals surface area contributed by atoms with Gasteiger partial charge in [-0.15, -0.1) is 0 Å².